The van der Waals surface area contributed by atoms with Crippen LogP contribution in [-0.4, -0.2) is 26.9 Å². The molecule has 9 nitrogen and oxygen atoms in total. The molecule has 0 radical (unpaired) electrons. The number of carbonyl (C=O) groups excluding carboxylic acids is 2. The van der Waals surface area contributed by atoms with Crippen LogP contribution in [0.3, 0.4) is 0 Å². The van der Waals surface area contributed by atoms with Crippen LogP contribution in [-0.2, 0) is 22.6 Å². The summed E-state index contributed by atoms with van der Waals surface area (Å²) in [5.74, 6) is 1.81. The number of hydrogen-bond acceptors (Lipinski definition) is 9. The molecule has 0 unspecified atom stereocenters. The summed E-state index contributed by atoms with van der Waals surface area (Å²) in [5.41, 5.74) is 0.613. The van der Waals surface area contributed by atoms with Crippen LogP contribution in [0, 0.1) is 0 Å². The molecule has 4 heterocycles. The van der Waals surface area contributed by atoms with Gasteiger partial charge in [0, 0.05) is 25.1 Å². The first kappa shape index (κ1) is 20.0. The van der Waals surface area contributed by atoms with Crippen molar-refractivity contribution in [2.24, 2.45) is 0 Å². The van der Waals surface area contributed by atoms with E-state index in [1.807, 2.05) is 17.5 Å². The van der Waals surface area contributed by atoms with E-state index in [4.69, 9.17) is 8.94 Å². The Bertz CT molecular complexity index is 1150. The summed E-state index contributed by atoms with van der Waals surface area (Å²) in [6.45, 7) is 1.76. The number of furan rings is 1. The van der Waals surface area contributed by atoms with Crippen molar-refractivity contribution >= 4 is 39.6 Å². The van der Waals surface area contributed by atoms with Crippen molar-refractivity contribution in [2.75, 3.05) is 5.32 Å². The van der Waals surface area contributed by atoms with E-state index in [-0.39, 0.29) is 18.2 Å². The first-order chi connectivity index (χ1) is 14.6. The van der Waals surface area contributed by atoms with E-state index < -0.39 is 0 Å². The zero-order chi connectivity index (χ0) is 20.9. The Kier molecular flexibility index (Phi) is 6.00. The smallest absolute Gasteiger partial charge is 0.227 e. The predicted octanol–water partition coefficient (Wildman–Crippen LogP) is 3.72. The van der Waals surface area contributed by atoms with Gasteiger partial charge in [0.1, 0.15) is 11.5 Å². The molecule has 0 spiro atoms. The van der Waals surface area contributed by atoms with Gasteiger partial charge in [-0.2, -0.15) is 4.98 Å². The van der Waals surface area contributed by atoms with Gasteiger partial charge in [0.2, 0.25) is 23.5 Å². The first-order valence-corrected chi connectivity index (χ1v) is 10.8. The van der Waals surface area contributed by atoms with Crippen molar-refractivity contribution in [3.05, 3.63) is 46.7 Å². The summed E-state index contributed by atoms with van der Waals surface area (Å²) in [7, 11) is 0. The Hall–Kier alpha value is -3.31. The van der Waals surface area contributed by atoms with Crippen LogP contribution in [0.15, 0.2) is 44.0 Å². The van der Waals surface area contributed by atoms with Crippen LogP contribution >= 0.6 is 22.7 Å². The summed E-state index contributed by atoms with van der Waals surface area (Å²) in [4.78, 5) is 32.8. The van der Waals surface area contributed by atoms with Gasteiger partial charge in [-0.3, -0.25) is 9.59 Å². The molecule has 4 rings (SSSR count). The highest BCUT2D eigenvalue weighted by Gasteiger charge is 2.14. The molecule has 0 saturated carbocycles. The highest BCUT2D eigenvalue weighted by Crippen LogP contribution is 2.27. The largest absolute Gasteiger partial charge is 0.458 e. The maximum atomic E-state index is 12.2. The molecular weight excluding hydrogens is 426 g/mol. The number of hydrogen-bond donors (Lipinski definition) is 2. The van der Waals surface area contributed by atoms with E-state index in [1.54, 1.807) is 17.5 Å². The molecule has 0 fully saturated rings. The minimum absolute atomic E-state index is 0.130. The highest BCUT2D eigenvalue weighted by molar-refractivity contribution is 7.14. The summed E-state index contributed by atoms with van der Waals surface area (Å²) >= 11 is 2.83. The number of rotatable bonds is 8. The molecule has 0 saturated heterocycles. The van der Waals surface area contributed by atoms with Gasteiger partial charge >= 0.3 is 0 Å². The van der Waals surface area contributed by atoms with Gasteiger partial charge < -0.3 is 19.6 Å². The monoisotopic (exact) mass is 443 g/mol. The minimum Gasteiger partial charge on any atom is -0.458 e. The lowest BCUT2D eigenvalue weighted by Gasteiger charge is -1.99. The molecule has 2 N–H and O–H groups in total. The Morgan fingerprint density at radius 2 is 2.07 bits per heavy atom. The molecule has 0 aliphatic carbocycles. The second kappa shape index (κ2) is 9.01. The van der Waals surface area contributed by atoms with E-state index in [0.717, 1.165) is 4.88 Å². The van der Waals surface area contributed by atoms with Crippen molar-refractivity contribution in [3.8, 4) is 22.2 Å². The number of aromatic nitrogens is 3. The molecule has 30 heavy (non-hydrogen) atoms. The molecule has 2 amide bonds. The third-order valence-corrected chi connectivity index (χ3v) is 5.58. The van der Waals surface area contributed by atoms with Gasteiger partial charge in [-0.15, -0.1) is 22.7 Å². The van der Waals surface area contributed by atoms with Crippen LogP contribution in [0.1, 0.15) is 25.0 Å². The number of aryl methyl sites for hydroxylation is 1. The van der Waals surface area contributed by atoms with Crippen LogP contribution < -0.4 is 10.6 Å². The quantitative estimate of drug-likeness (QED) is 0.425. The zero-order valence-corrected chi connectivity index (χ0v) is 17.5. The summed E-state index contributed by atoms with van der Waals surface area (Å²) in [6, 6.07) is 7.38. The number of thiophene rings is 1. The van der Waals surface area contributed by atoms with Crippen LogP contribution in [0.5, 0.6) is 0 Å². The SMILES string of the molecule is CC(=O)NCc1ccc(-c2csc(NC(=O)CCc3nc(-c4cccs4)no3)n2)o1. The molecular formula is C19H17N5O4S2. The van der Waals surface area contributed by atoms with Gasteiger partial charge in [-0.25, -0.2) is 4.98 Å². The van der Waals surface area contributed by atoms with Crippen LogP contribution in [0.4, 0.5) is 5.13 Å². The first-order valence-electron chi connectivity index (χ1n) is 9.02. The number of amides is 2. The van der Waals surface area contributed by atoms with E-state index >= 15 is 0 Å². The number of anilines is 1. The third-order valence-electron chi connectivity index (χ3n) is 3.95. The number of carbonyl (C=O) groups is 2. The maximum absolute atomic E-state index is 12.2. The number of nitrogens with zero attached hydrogens (tertiary/aromatic N) is 3. The Labute approximate surface area is 179 Å². The summed E-state index contributed by atoms with van der Waals surface area (Å²) in [6.07, 6.45) is 0.537. The van der Waals surface area contributed by atoms with Gasteiger partial charge in [0.05, 0.1) is 11.4 Å². The molecule has 0 aromatic carbocycles. The van der Waals surface area contributed by atoms with Gasteiger partial charge in [-0.05, 0) is 23.6 Å². The molecule has 0 aliphatic heterocycles. The molecule has 0 atom stereocenters. The topological polar surface area (TPSA) is 123 Å². The van der Waals surface area contributed by atoms with Crippen molar-refractivity contribution in [3.63, 3.8) is 0 Å². The molecule has 0 aliphatic rings. The van der Waals surface area contributed by atoms with Crippen molar-refractivity contribution in [1.29, 1.82) is 0 Å². The van der Waals surface area contributed by atoms with Crippen LogP contribution in [0.2, 0.25) is 0 Å². The van der Waals surface area contributed by atoms with E-state index in [9.17, 15) is 9.59 Å². The normalized spacial score (nSPS) is 10.8. The molecule has 4 aromatic rings. The zero-order valence-electron chi connectivity index (χ0n) is 15.9. The molecule has 0 bridgehead atoms. The fourth-order valence-electron chi connectivity index (χ4n) is 2.53. The molecule has 11 heteroatoms. The predicted molar refractivity (Wildman–Crippen MR) is 112 cm³/mol. The molecule has 154 valence electrons. The van der Waals surface area contributed by atoms with Crippen LogP contribution in [0.25, 0.3) is 22.2 Å². The lowest BCUT2D eigenvalue weighted by molar-refractivity contribution is -0.119. The van der Waals surface area contributed by atoms with Crippen molar-refractivity contribution in [2.45, 2.75) is 26.3 Å². The lowest BCUT2D eigenvalue weighted by Crippen LogP contribution is -2.18. The summed E-state index contributed by atoms with van der Waals surface area (Å²) in [5, 5.41) is 13.6. The van der Waals surface area contributed by atoms with Gasteiger partial charge in [-0.1, -0.05) is 11.2 Å². The highest BCUT2D eigenvalue weighted by atomic mass is 32.1. The van der Waals surface area contributed by atoms with E-state index in [2.05, 4.69) is 25.8 Å². The average molecular weight is 444 g/mol. The van der Waals surface area contributed by atoms with Crippen molar-refractivity contribution in [1.82, 2.24) is 20.4 Å². The maximum Gasteiger partial charge on any atom is 0.227 e. The fourth-order valence-corrected chi connectivity index (χ4v) is 3.90. The second-order valence-corrected chi connectivity index (χ2v) is 8.06. The third kappa shape index (κ3) is 4.99. The standard InChI is InChI=1S/C19H17N5O4S2/c1-11(25)20-9-12-4-5-14(27-12)13-10-30-19(21-13)22-16(26)6-7-17-23-18(24-28-17)15-3-2-8-29-15/h2-5,8,10H,6-7,9H2,1H3,(H,20,25)(H,21,22,26). The summed E-state index contributed by atoms with van der Waals surface area (Å²) < 4.78 is 10.9. The minimum atomic E-state index is -0.197. The fraction of sp³-hybridized carbons (Fsp3) is 0.211. The second-order valence-electron chi connectivity index (χ2n) is 6.25. The van der Waals surface area contributed by atoms with Crippen molar-refractivity contribution < 1.29 is 18.5 Å². The van der Waals surface area contributed by atoms with E-state index in [0.29, 0.717) is 47.0 Å². The molecule has 4 aromatic heterocycles. The van der Waals surface area contributed by atoms with E-state index in [1.165, 1.54) is 29.6 Å². The average Bonchev–Trinajstić information content (AvgIpc) is 3.52. The van der Waals surface area contributed by atoms with Gasteiger partial charge in [0.15, 0.2) is 10.9 Å². The number of thiazole rings is 1. The Balaban J connectivity index is 1.29. The lowest BCUT2D eigenvalue weighted by atomic mass is 10.3. The number of nitrogens with one attached hydrogen (secondary N) is 2. The Morgan fingerprint density at radius 3 is 2.87 bits per heavy atom. The van der Waals surface area contributed by atoms with Gasteiger partial charge in [0.25, 0.3) is 0 Å². The Morgan fingerprint density at radius 1 is 1.17 bits per heavy atom.